The molecule has 112 valence electrons. The van der Waals surface area contributed by atoms with Crippen molar-refractivity contribution in [2.75, 3.05) is 0 Å². The molecular weight excluding hydrogens is 316 g/mol. The number of benzene rings is 1. The molecule has 0 saturated carbocycles. The highest BCUT2D eigenvalue weighted by atomic mass is 32.1. The Balaban J connectivity index is 1.93. The van der Waals surface area contributed by atoms with Crippen molar-refractivity contribution in [2.24, 2.45) is 0 Å². The summed E-state index contributed by atoms with van der Waals surface area (Å²) < 4.78 is 9.85. The zero-order valence-electron chi connectivity index (χ0n) is 11.6. The third kappa shape index (κ3) is 2.20. The molecule has 0 radical (unpaired) electrons. The van der Waals surface area contributed by atoms with Crippen molar-refractivity contribution < 1.29 is 18.7 Å². The van der Waals surface area contributed by atoms with Crippen molar-refractivity contribution in [3.8, 4) is 11.1 Å². The quantitative estimate of drug-likeness (QED) is 0.411. The minimum Gasteiger partial charge on any atom is -0.422 e. The Morgan fingerprint density at radius 3 is 2.57 bits per heavy atom. The Hall–Kier alpha value is -2.99. The van der Waals surface area contributed by atoms with Crippen LogP contribution in [0.15, 0.2) is 57.1 Å². The molecule has 0 unspecified atom stereocenters. The zero-order chi connectivity index (χ0) is 16.0. The maximum absolute atomic E-state index is 12.3. The third-order valence-electron chi connectivity index (χ3n) is 3.52. The predicted octanol–water partition coefficient (Wildman–Crippen LogP) is 2.99. The van der Waals surface area contributed by atoms with Crippen LogP contribution in [0.25, 0.3) is 27.7 Å². The average Bonchev–Trinajstić information content (AvgIpc) is 3.12. The number of cyclic esters (lactones) is 2. The lowest BCUT2D eigenvalue weighted by Crippen LogP contribution is -2.05. The van der Waals surface area contributed by atoms with E-state index in [1.807, 2.05) is 12.1 Å². The first-order valence-electron chi connectivity index (χ1n) is 6.72. The number of hydrogen-bond donors (Lipinski definition) is 0. The zero-order valence-corrected chi connectivity index (χ0v) is 12.4. The molecule has 0 spiro atoms. The molecule has 1 aliphatic rings. The fourth-order valence-corrected chi connectivity index (χ4v) is 3.40. The summed E-state index contributed by atoms with van der Waals surface area (Å²) in [5, 5.41) is 2.52. The summed E-state index contributed by atoms with van der Waals surface area (Å²) in [7, 11) is 0. The second-order valence-electron chi connectivity index (χ2n) is 4.92. The Labute approximate surface area is 133 Å². The number of carbonyl (C=O) groups is 2. The van der Waals surface area contributed by atoms with Crippen LogP contribution in [-0.4, -0.2) is 11.9 Å². The number of fused-ring (bicyclic) bond motifs is 1. The second kappa shape index (κ2) is 5.03. The molecule has 0 fully saturated rings. The van der Waals surface area contributed by atoms with Gasteiger partial charge >= 0.3 is 17.6 Å². The Bertz CT molecular complexity index is 1050. The molecule has 0 amide bonds. The van der Waals surface area contributed by atoms with Gasteiger partial charge in [-0.1, -0.05) is 18.2 Å². The van der Waals surface area contributed by atoms with E-state index in [0.29, 0.717) is 21.6 Å². The number of carbonyl (C=O) groups excluding carboxylic acids is 2. The normalized spacial score (nSPS) is 14.2. The molecule has 0 bridgehead atoms. The second-order valence-corrected chi connectivity index (χ2v) is 5.83. The largest absolute Gasteiger partial charge is 0.422 e. The lowest BCUT2D eigenvalue weighted by Gasteiger charge is -2.04. The van der Waals surface area contributed by atoms with Gasteiger partial charge in [-0.2, -0.15) is 0 Å². The summed E-state index contributed by atoms with van der Waals surface area (Å²) in [5.41, 5.74) is 1.04. The van der Waals surface area contributed by atoms with Crippen molar-refractivity contribution in [3.63, 3.8) is 0 Å². The fourth-order valence-electron chi connectivity index (χ4n) is 2.49. The van der Waals surface area contributed by atoms with Gasteiger partial charge in [0.05, 0.1) is 11.1 Å². The van der Waals surface area contributed by atoms with Crippen molar-refractivity contribution in [1.29, 1.82) is 0 Å². The van der Waals surface area contributed by atoms with Crippen molar-refractivity contribution in [1.82, 2.24) is 0 Å². The number of thiophene rings is 1. The standard InChI is InChI=1S/C17H8O5S/c18-14-8-12(17(20)22-14)15-10(5-6-23-15)11-7-9-3-1-2-4-13(9)21-16(11)19/h1-8H. The van der Waals surface area contributed by atoms with Crippen LogP contribution < -0.4 is 5.63 Å². The van der Waals surface area contributed by atoms with E-state index >= 15 is 0 Å². The number of esters is 2. The summed E-state index contributed by atoms with van der Waals surface area (Å²) in [6.45, 7) is 0. The van der Waals surface area contributed by atoms with Crippen LogP contribution in [0, 0.1) is 0 Å². The van der Waals surface area contributed by atoms with Crippen LogP contribution in [0.5, 0.6) is 0 Å². The lowest BCUT2D eigenvalue weighted by atomic mass is 10.0. The van der Waals surface area contributed by atoms with Gasteiger partial charge in [-0.05, 0) is 23.6 Å². The molecule has 1 aliphatic heterocycles. The monoisotopic (exact) mass is 324 g/mol. The van der Waals surface area contributed by atoms with Gasteiger partial charge < -0.3 is 9.15 Å². The van der Waals surface area contributed by atoms with E-state index in [0.717, 1.165) is 11.5 Å². The van der Waals surface area contributed by atoms with Crippen LogP contribution in [0.3, 0.4) is 0 Å². The summed E-state index contributed by atoms with van der Waals surface area (Å²) >= 11 is 1.26. The van der Waals surface area contributed by atoms with E-state index in [9.17, 15) is 14.4 Å². The van der Waals surface area contributed by atoms with E-state index in [4.69, 9.17) is 4.42 Å². The maximum atomic E-state index is 12.3. The maximum Gasteiger partial charge on any atom is 0.347 e. The van der Waals surface area contributed by atoms with Gasteiger partial charge in [0.2, 0.25) is 0 Å². The van der Waals surface area contributed by atoms with Crippen molar-refractivity contribution in [2.45, 2.75) is 0 Å². The molecule has 23 heavy (non-hydrogen) atoms. The van der Waals surface area contributed by atoms with Crippen LogP contribution in [0.4, 0.5) is 0 Å². The molecule has 3 aromatic rings. The molecule has 0 N–H and O–H groups in total. The van der Waals surface area contributed by atoms with E-state index in [-0.39, 0.29) is 5.57 Å². The molecule has 5 nitrogen and oxygen atoms in total. The minimum atomic E-state index is -0.705. The molecule has 6 heteroatoms. The van der Waals surface area contributed by atoms with Crippen LogP contribution >= 0.6 is 11.3 Å². The first-order chi connectivity index (χ1) is 11.1. The Morgan fingerprint density at radius 2 is 1.78 bits per heavy atom. The van der Waals surface area contributed by atoms with E-state index in [1.165, 1.54) is 11.3 Å². The van der Waals surface area contributed by atoms with Gasteiger partial charge in [0.25, 0.3) is 0 Å². The van der Waals surface area contributed by atoms with Crippen molar-refractivity contribution >= 4 is 39.8 Å². The van der Waals surface area contributed by atoms with E-state index in [1.54, 1.807) is 29.6 Å². The van der Waals surface area contributed by atoms with Crippen LogP contribution in [0.1, 0.15) is 4.88 Å². The lowest BCUT2D eigenvalue weighted by molar-refractivity contribution is -0.149. The molecule has 1 aromatic carbocycles. The number of para-hydroxylation sites is 1. The Morgan fingerprint density at radius 1 is 0.957 bits per heavy atom. The van der Waals surface area contributed by atoms with Gasteiger partial charge in [0.15, 0.2) is 0 Å². The van der Waals surface area contributed by atoms with Gasteiger partial charge in [-0.25, -0.2) is 14.4 Å². The van der Waals surface area contributed by atoms with E-state index < -0.39 is 17.6 Å². The highest BCUT2D eigenvalue weighted by molar-refractivity contribution is 7.12. The van der Waals surface area contributed by atoms with Gasteiger partial charge in [0, 0.05) is 21.9 Å². The van der Waals surface area contributed by atoms with Crippen LogP contribution in [0.2, 0.25) is 0 Å². The molecule has 0 saturated heterocycles. The molecule has 3 heterocycles. The van der Waals surface area contributed by atoms with Gasteiger partial charge in [-0.3, -0.25) is 0 Å². The number of hydrogen-bond acceptors (Lipinski definition) is 6. The summed E-state index contributed by atoms with van der Waals surface area (Å²) in [6, 6.07) is 10.6. The summed E-state index contributed by atoms with van der Waals surface area (Å²) in [4.78, 5) is 35.8. The van der Waals surface area contributed by atoms with E-state index in [2.05, 4.69) is 4.74 Å². The highest BCUT2D eigenvalue weighted by Crippen LogP contribution is 2.35. The first-order valence-corrected chi connectivity index (χ1v) is 7.60. The topological polar surface area (TPSA) is 73.6 Å². The molecule has 0 aliphatic carbocycles. The Kier molecular flexibility index (Phi) is 2.99. The van der Waals surface area contributed by atoms with Crippen LogP contribution in [-0.2, 0) is 14.3 Å². The summed E-state index contributed by atoms with van der Waals surface area (Å²) in [5.74, 6) is -1.40. The molecule has 4 rings (SSSR count). The smallest absolute Gasteiger partial charge is 0.347 e. The average molecular weight is 324 g/mol. The fraction of sp³-hybridized carbons (Fsp3) is 0. The van der Waals surface area contributed by atoms with Gasteiger partial charge in [0.1, 0.15) is 5.58 Å². The SMILES string of the molecule is O=C1C=C(c2sccc2-c2cc3ccccc3oc2=O)C(=O)O1. The molecular formula is C17H8O5S. The number of rotatable bonds is 2. The predicted molar refractivity (Wildman–Crippen MR) is 84.9 cm³/mol. The third-order valence-corrected chi connectivity index (χ3v) is 4.46. The van der Waals surface area contributed by atoms with Gasteiger partial charge in [-0.15, -0.1) is 11.3 Å². The molecule has 2 aromatic heterocycles. The van der Waals surface area contributed by atoms with Crippen molar-refractivity contribution in [3.05, 3.63) is 63.2 Å². The molecule has 0 atom stereocenters. The first kappa shape index (κ1) is 13.7. The highest BCUT2D eigenvalue weighted by Gasteiger charge is 2.28. The number of ether oxygens (including phenoxy) is 1. The minimum absolute atomic E-state index is 0.160. The summed E-state index contributed by atoms with van der Waals surface area (Å²) in [6.07, 6.45) is 1.14.